The highest BCUT2D eigenvalue weighted by Crippen LogP contribution is 2.29. The zero-order valence-corrected chi connectivity index (χ0v) is 36.3. The van der Waals surface area contributed by atoms with Gasteiger partial charge in [0, 0.05) is 108 Å². The van der Waals surface area contributed by atoms with Gasteiger partial charge in [-0.3, -0.25) is 53.8 Å². The van der Waals surface area contributed by atoms with Crippen LogP contribution < -0.4 is 15.5 Å². The molecule has 0 saturated carbocycles. The first kappa shape index (κ1) is 44.3. The molecule has 64 heavy (non-hydrogen) atoms. The number of carbonyl (C=O) groups is 6. The third-order valence-electron chi connectivity index (χ3n) is 13.2. The van der Waals surface area contributed by atoms with Crippen LogP contribution in [0.3, 0.4) is 0 Å². The Bertz CT molecular complexity index is 2290. The van der Waals surface area contributed by atoms with E-state index in [9.17, 15) is 28.8 Å². The average Bonchev–Trinajstić information content (AvgIpc) is 3.57. The first-order chi connectivity index (χ1) is 31.2. The molecule has 0 spiro atoms. The summed E-state index contributed by atoms with van der Waals surface area (Å²) < 4.78 is 0. The van der Waals surface area contributed by atoms with Crippen LogP contribution in [-0.4, -0.2) is 148 Å². The molecule has 1 atom stereocenters. The van der Waals surface area contributed by atoms with E-state index in [1.807, 2.05) is 29.2 Å². The summed E-state index contributed by atoms with van der Waals surface area (Å²) in [5, 5.41) is 14.0. The van der Waals surface area contributed by atoms with Crippen molar-refractivity contribution in [2.24, 2.45) is 5.92 Å². The van der Waals surface area contributed by atoms with Crippen LogP contribution in [0.15, 0.2) is 60.9 Å². The molecule has 0 radical (unpaired) electrons. The molecule has 16 nitrogen and oxygen atoms in total. The van der Waals surface area contributed by atoms with Crippen molar-refractivity contribution >= 4 is 47.3 Å². The highest BCUT2D eigenvalue weighted by atomic mass is 16.2. The number of likely N-dealkylation sites (tertiary alicyclic amines) is 1. The van der Waals surface area contributed by atoms with Gasteiger partial charge in [0.2, 0.25) is 17.7 Å². The van der Waals surface area contributed by atoms with Crippen molar-refractivity contribution in [1.82, 2.24) is 45.4 Å². The molecule has 5 aliphatic rings. The fraction of sp³-hybridized carbons (Fsp3) is 0.479. The molecule has 1 unspecified atom stereocenters. The minimum Gasteiger partial charge on any atom is -0.355 e. The molecule has 5 aliphatic heterocycles. The van der Waals surface area contributed by atoms with E-state index < -0.39 is 29.7 Å². The number of piperazine rings is 1. The molecule has 7 heterocycles. The minimum atomic E-state index is -0.989. The second-order valence-corrected chi connectivity index (χ2v) is 17.3. The number of anilines is 1. The molecule has 1 aromatic carbocycles. The smallest absolute Gasteiger partial charge is 0.274 e. The molecular formula is C48H56N10O6. The monoisotopic (exact) mass is 868 g/mol. The summed E-state index contributed by atoms with van der Waals surface area (Å²) in [5.41, 5.74) is 2.41. The van der Waals surface area contributed by atoms with E-state index >= 15 is 0 Å². The number of hydrogen-bond acceptors (Lipinski definition) is 12. The van der Waals surface area contributed by atoms with E-state index in [0.717, 1.165) is 120 Å². The molecule has 2 aromatic heterocycles. The number of hydrogen-bond donors (Lipinski definition) is 2. The standard InChI is InChI=1S/C48H56N10O6/c59-43(15-10-36-8-5-21-49-33-36)50-22-3-1-6-34-17-24-57(25-18-34)48(64)40-12-14-42(53-52-40)56-26-19-37(20-27-56)55-30-28-54(29-31-55)23-4-2-7-35-9-11-38-39(32-35)47(63)58(46(38)62)41-13-16-44(60)51-45(41)61/h5,8-12,14-15,21,32-34,37,41H,1,3-4,6,13,16-20,22-31H2,(H,50,59)(H,51,60,61)/b15-10+. The minimum absolute atomic E-state index is 0.0541. The van der Waals surface area contributed by atoms with Gasteiger partial charge in [-0.1, -0.05) is 30.7 Å². The van der Waals surface area contributed by atoms with E-state index in [1.165, 1.54) is 0 Å². The number of rotatable bonds is 13. The molecule has 4 fully saturated rings. The zero-order chi connectivity index (χ0) is 44.4. The van der Waals surface area contributed by atoms with Crippen LogP contribution in [0.1, 0.15) is 107 Å². The Morgan fingerprint density at radius 2 is 1.64 bits per heavy atom. The summed E-state index contributed by atoms with van der Waals surface area (Å²) in [7, 11) is 0. The summed E-state index contributed by atoms with van der Waals surface area (Å²) in [4.78, 5) is 89.7. The number of fused-ring (bicyclic) bond motifs is 1. The Balaban J connectivity index is 0.693. The number of nitrogens with one attached hydrogen (secondary N) is 2. The van der Waals surface area contributed by atoms with Crippen LogP contribution in [-0.2, 0) is 14.4 Å². The normalized spacial score (nSPS) is 20.3. The highest BCUT2D eigenvalue weighted by molar-refractivity contribution is 6.23. The van der Waals surface area contributed by atoms with Crippen molar-refractivity contribution in [1.29, 1.82) is 0 Å². The molecule has 16 heteroatoms. The second kappa shape index (κ2) is 20.9. The van der Waals surface area contributed by atoms with Crippen molar-refractivity contribution in [3.05, 3.63) is 88.9 Å². The van der Waals surface area contributed by atoms with Gasteiger partial charge in [-0.2, -0.15) is 0 Å². The molecule has 3 aromatic rings. The third kappa shape index (κ3) is 10.9. The molecule has 0 bridgehead atoms. The quantitative estimate of drug-likeness (QED) is 0.111. The first-order valence-corrected chi connectivity index (χ1v) is 22.7. The average molecular weight is 869 g/mol. The lowest BCUT2D eigenvalue weighted by Crippen LogP contribution is -2.54. The number of unbranched alkanes of at least 4 members (excludes halogenated alkanes) is 1. The van der Waals surface area contributed by atoms with E-state index in [4.69, 9.17) is 0 Å². The van der Waals surface area contributed by atoms with Gasteiger partial charge < -0.3 is 15.1 Å². The summed E-state index contributed by atoms with van der Waals surface area (Å²) in [6, 6.07) is 12.0. The van der Waals surface area contributed by atoms with Gasteiger partial charge >= 0.3 is 0 Å². The SMILES string of the molecule is O=C(/C=C/c1cccnc1)NCCCCC1CCN(C(=O)c2ccc(N3CCC(N4CCN(CCC#Cc5ccc6c(c5)C(=O)N(C5CCC(=O)NC5=O)C6=O)CC4)CC3)nn2)CC1. The topological polar surface area (TPSA) is 181 Å². The maximum atomic E-state index is 13.3. The van der Waals surface area contributed by atoms with Crippen LogP contribution in [0.5, 0.6) is 0 Å². The van der Waals surface area contributed by atoms with Crippen LogP contribution in [0, 0.1) is 17.8 Å². The predicted octanol–water partition coefficient (Wildman–Crippen LogP) is 3.15. The van der Waals surface area contributed by atoms with E-state index in [-0.39, 0.29) is 35.8 Å². The van der Waals surface area contributed by atoms with Crippen molar-refractivity contribution in [2.75, 3.05) is 70.3 Å². The molecule has 334 valence electrons. The molecule has 0 aliphatic carbocycles. The number of nitrogens with zero attached hydrogens (tertiary/aromatic N) is 8. The number of amides is 6. The number of benzene rings is 1. The Morgan fingerprint density at radius 3 is 2.38 bits per heavy atom. The largest absolute Gasteiger partial charge is 0.355 e. The first-order valence-electron chi connectivity index (χ1n) is 22.7. The third-order valence-corrected chi connectivity index (χ3v) is 13.2. The Hall–Kier alpha value is -6.31. The molecule has 6 amide bonds. The number of carbonyl (C=O) groups excluding carboxylic acids is 6. The van der Waals surface area contributed by atoms with Crippen LogP contribution >= 0.6 is 0 Å². The molecule has 8 rings (SSSR count). The summed E-state index contributed by atoms with van der Waals surface area (Å²) >= 11 is 0. The molecule has 2 N–H and O–H groups in total. The van der Waals surface area contributed by atoms with Crippen LogP contribution in [0.4, 0.5) is 5.82 Å². The van der Waals surface area contributed by atoms with Crippen molar-refractivity contribution in [3.63, 3.8) is 0 Å². The molecule has 4 saturated heterocycles. The summed E-state index contributed by atoms with van der Waals surface area (Å²) in [6.07, 6.45) is 14.7. The van der Waals surface area contributed by atoms with Gasteiger partial charge in [0.1, 0.15) is 6.04 Å². The summed E-state index contributed by atoms with van der Waals surface area (Å²) in [6.45, 7) is 8.67. The van der Waals surface area contributed by atoms with Gasteiger partial charge in [0.05, 0.1) is 11.1 Å². The Labute approximate surface area is 373 Å². The maximum absolute atomic E-state index is 13.3. The van der Waals surface area contributed by atoms with Crippen LogP contribution in [0.25, 0.3) is 6.08 Å². The predicted molar refractivity (Wildman–Crippen MR) is 239 cm³/mol. The maximum Gasteiger partial charge on any atom is 0.274 e. The van der Waals surface area contributed by atoms with Crippen molar-refractivity contribution < 1.29 is 28.8 Å². The fourth-order valence-corrected chi connectivity index (χ4v) is 9.41. The number of imide groups is 2. The molecular weight excluding hydrogens is 813 g/mol. The van der Waals surface area contributed by atoms with Crippen LogP contribution in [0.2, 0.25) is 0 Å². The van der Waals surface area contributed by atoms with Crippen molar-refractivity contribution in [3.8, 4) is 11.8 Å². The van der Waals surface area contributed by atoms with Gasteiger partial charge in [-0.25, -0.2) is 0 Å². The van der Waals surface area contributed by atoms with E-state index in [1.54, 1.807) is 42.7 Å². The van der Waals surface area contributed by atoms with Gasteiger partial charge in [0.15, 0.2) is 11.5 Å². The van der Waals surface area contributed by atoms with Gasteiger partial charge in [-0.05, 0) is 92.5 Å². The number of pyridine rings is 1. The van der Waals surface area contributed by atoms with Crippen molar-refractivity contribution in [2.45, 2.75) is 76.3 Å². The lowest BCUT2D eigenvalue weighted by Gasteiger charge is -2.42. The highest BCUT2D eigenvalue weighted by Gasteiger charge is 2.44. The summed E-state index contributed by atoms with van der Waals surface area (Å²) in [5.74, 6) is 5.53. The Morgan fingerprint density at radius 1 is 0.844 bits per heavy atom. The lowest BCUT2D eigenvalue weighted by molar-refractivity contribution is -0.136. The second-order valence-electron chi connectivity index (χ2n) is 17.3. The Kier molecular flexibility index (Phi) is 14.5. The lowest BCUT2D eigenvalue weighted by atomic mass is 9.91. The fourth-order valence-electron chi connectivity index (χ4n) is 9.41. The number of aromatic nitrogens is 3. The number of piperidine rings is 3. The van der Waals surface area contributed by atoms with Gasteiger partial charge in [0.25, 0.3) is 17.7 Å². The van der Waals surface area contributed by atoms with E-state index in [0.29, 0.717) is 36.2 Å². The zero-order valence-electron chi connectivity index (χ0n) is 36.3. The van der Waals surface area contributed by atoms with E-state index in [2.05, 4.69) is 52.4 Å². The van der Waals surface area contributed by atoms with Gasteiger partial charge in [-0.15, -0.1) is 10.2 Å².